The van der Waals surface area contributed by atoms with Gasteiger partial charge in [-0.3, -0.25) is 4.90 Å². The highest BCUT2D eigenvalue weighted by atomic mass is 35.5. The van der Waals surface area contributed by atoms with Crippen LogP contribution in [0.3, 0.4) is 0 Å². The molecule has 2 rings (SSSR count). The van der Waals surface area contributed by atoms with Crippen molar-refractivity contribution in [2.45, 2.75) is 45.3 Å². The van der Waals surface area contributed by atoms with Gasteiger partial charge in [0.15, 0.2) is 0 Å². The summed E-state index contributed by atoms with van der Waals surface area (Å²) in [6.07, 6.45) is 0.467. The summed E-state index contributed by atoms with van der Waals surface area (Å²) in [7, 11) is 0. The van der Waals surface area contributed by atoms with Crippen molar-refractivity contribution >= 4 is 23.7 Å². The zero-order chi connectivity index (χ0) is 17.2. The first-order chi connectivity index (χ1) is 10.7. The Hall–Kier alpha value is -1.75. The maximum Gasteiger partial charge on any atom is 0.411 e. The fourth-order valence-corrected chi connectivity index (χ4v) is 3.02. The Kier molecular flexibility index (Phi) is 5.19. The second-order valence-electron chi connectivity index (χ2n) is 6.88. The molecule has 2 unspecified atom stereocenters. The van der Waals surface area contributed by atoms with Crippen molar-refractivity contribution in [3.8, 4) is 0 Å². The fourth-order valence-electron chi connectivity index (χ4n) is 2.80. The quantitative estimate of drug-likeness (QED) is 0.913. The molecule has 0 radical (unpaired) electrons. The number of ether oxygens (including phenoxy) is 1. The smallest absolute Gasteiger partial charge is 0.411 e. The third-order valence-corrected chi connectivity index (χ3v) is 4.14. The van der Waals surface area contributed by atoms with E-state index in [0.717, 1.165) is 5.56 Å². The Morgan fingerprint density at radius 3 is 2.57 bits per heavy atom. The molecule has 0 bridgehead atoms. The summed E-state index contributed by atoms with van der Waals surface area (Å²) < 4.78 is 5.32. The van der Waals surface area contributed by atoms with Crippen LogP contribution in [0.4, 0.5) is 4.79 Å². The van der Waals surface area contributed by atoms with Gasteiger partial charge >= 0.3 is 12.1 Å². The van der Waals surface area contributed by atoms with E-state index >= 15 is 0 Å². The lowest BCUT2D eigenvalue weighted by molar-refractivity contribution is -0.142. The van der Waals surface area contributed by atoms with Crippen molar-refractivity contribution in [3.05, 3.63) is 34.9 Å². The van der Waals surface area contributed by atoms with E-state index in [1.54, 1.807) is 20.8 Å². The number of halogens is 1. The predicted octanol–water partition coefficient (Wildman–Crippen LogP) is 3.59. The molecule has 1 aromatic rings. The third kappa shape index (κ3) is 4.61. The Balaban J connectivity index is 2.10. The van der Waals surface area contributed by atoms with Crippen molar-refractivity contribution in [2.75, 3.05) is 6.54 Å². The van der Waals surface area contributed by atoms with E-state index in [4.69, 9.17) is 16.3 Å². The van der Waals surface area contributed by atoms with Gasteiger partial charge in [-0.1, -0.05) is 29.8 Å². The lowest BCUT2D eigenvalue weighted by atomic mass is 9.97. The van der Waals surface area contributed by atoms with E-state index in [1.807, 2.05) is 24.3 Å². The molecule has 6 heteroatoms. The Morgan fingerprint density at radius 1 is 1.35 bits per heavy atom. The van der Waals surface area contributed by atoms with E-state index in [0.29, 0.717) is 24.4 Å². The summed E-state index contributed by atoms with van der Waals surface area (Å²) in [5.74, 6) is -0.957. The minimum atomic E-state index is -1.00. The molecule has 1 N–H and O–H groups in total. The Bertz CT molecular complexity index is 597. The summed E-state index contributed by atoms with van der Waals surface area (Å²) in [5, 5.41) is 10.1. The number of carboxylic acid groups (broad SMARTS) is 1. The molecule has 1 aliphatic rings. The van der Waals surface area contributed by atoms with Gasteiger partial charge < -0.3 is 9.84 Å². The number of benzene rings is 1. The zero-order valence-electron chi connectivity index (χ0n) is 13.6. The number of likely N-dealkylation sites (tertiary alicyclic amines) is 1. The van der Waals surface area contributed by atoms with Crippen molar-refractivity contribution < 1.29 is 19.4 Å². The van der Waals surface area contributed by atoms with Crippen LogP contribution >= 0.6 is 11.6 Å². The minimum absolute atomic E-state index is 0.0449. The third-order valence-electron chi connectivity index (χ3n) is 3.77. The molecule has 1 amide bonds. The van der Waals surface area contributed by atoms with Crippen molar-refractivity contribution in [2.24, 2.45) is 5.92 Å². The molecule has 1 saturated heterocycles. The molecular weight excluding hydrogens is 318 g/mol. The Morgan fingerprint density at radius 2 is 2.00 bits per heavy atom. The van der Waals surface area contributed by atoms with E-state index in [2.05, 4.69) is 0 Å². The maximum absolute atomic E-state index is 12.3. The highest BCUT2D eigenvalue weighted by Crippen LogP contribution is 2.30. The molecule has 1 fully saturated rings. The number of aliphatic carboxylic acids is 1. The number of hydrogen-bond acceptors (Lipinski definition) is 3. The van der Waals surface area contributed by atoms with Crippen LogP contribution in [0, 0.1) is 5.92 Å². The van der Waals surface area contributed by atoms with E-state index in [-0.39, 0.29) is 5.92 Å². The summed E-state index contributed by atoms with van der Waals surface area (Å²) >= 11 is 6.17. The second-order valence-corrected chi connectivity index (χ2v) is 7.29. The molecule has 0 spiro atoms. The molecule has 0 saturated carbocycles. The largest absolute Gasteiger partial charge is 0.480 e. The molecule has 1 heterocycles. The van der Waals surface area contributed by atoms with Gasteiger partial charge in [0.25, 0.3) is 0 Å². The van der Waals surface area contributed by atoms with Gasteiger partial charge in [0.1, 0.15) is 11.6 Å². The predicted molar refractivity (Wildman–Crippen MR) is 87.6 cm³/mol. The molecule has 0 aromatic heterocycles. The molecule has 2 atom stereocenters. The first-order valence-corrected chi connectivity index (χ1v) is 8.01. The summed E-state index contributed by atoms with van der Waals surface area (Å²) in [6, 6.07) is 6.64. The van der Waals surface area contributed by atoms with Crippen molar-refractivity contribution in [1.82, 2.24) is 4.90 Å². The van der Waals surface area contributed by atoms with Crippen LogP contribution in [0.5, 0.6) is 0 Å². The second kappa shape index (κ2) is 6.79. The van der Waals surface area contributed by atoms with Crippen LogP contribution in [-0.2, 0) is 16.0 Å². The summed E-state index contributed by atoms with van der Waals surface area (Å²) in [6.45, 7) is 5.64. The SMILES string of the molecule is CC(C)(C)OC(=O)N1CC(Cc2ccccc2Cl)CC1C(=O)O. The van der Waals surface area contributed by atoms with Crippen molar-refractivity contribution in [3.63, 3.8) is 0 Å². The van der Waals surface area contributed by atoms with Gasteiger partial charge in [-0.2, -0.15) is 0 Å². The monoisotopic (exact) mass is 339 g/mol. The topological polar surface area (TPSA) is 66.8 Å². The number of nitrogens with zero attached hydrogens (tertiary/aromatic N) is 1. The van der Waals surface area contributed by atoms with Gasteiger partial charge in [0.2, 0.25) is 0 Å². The number of carboxylic acids is 1. The molecule has 1 aliphatic heterocycles. The van der Waals surface area contributed by atoms with Gasteiger partial charge in [-0.05, 0) is 51.2 Å². The minimum Gasteiger partial charge on any atom is -0.480 e. The molecule has 126 valence electrons. The first kappa shape index (κ1) is 17.6. The van der Waals surface area contributed by atoms with E-state index < -0.39 is 23.7 Å². The highest BCUT2D eigenvalue weighted by Gasteiger charge is 2.41. The lowest BCUT2D eigenvalue weighted by Gasteiger charge is -2.26. The average molecular weight is 340 g/mol. The van der Waals surface area contributed by atoms with Gasteiger partial charge in [0.05, 0.1) is 0 Å². The number of rotatable bonds is 3. The fraction of sp³-hybridized carbons (Fsp3) is 0.529. The van der Waals surface area contributed by atoms with Crippen LogP contribution in [-0.4, -0.2) is 40.3 Å². The van der Waals surface area contributed by atoms with Gasteiger partial charge in [0, 0.05) is 11.6 Å². The highest BCUT2D eigenvalue weighted by molar-refractivity contribution is 6.31. The van der Waals surface area contributed by atoms with Crippen LogP contribution in [0.1, 0.15) is 32.8 Å². The van der Waals surface area contributed by atoms with E-state index in [9.17, 15) is 14.7 Å². The van der Waals surface area contributed by atoms with Gasteiger partial charge in [-0.15, -0.1) is 0 Å². The molecule has 23 heavy (non-hydrogen) atoms. The van der Waals surface area contributed by atoms with Crippen LogP contribution < -0.4 is 0 Å². The summed E-state index contributed by atoms with van der Waals surface area (Å²) in [4.78, 5) is 25.0. The number of hydrogen-bond donors (Lipinski definition) is 1. The van der Waals surface area contributed by atoms with E-state index in [1.165, 1.54) is 4.90 Å². The summed E-state index contributed by atoms with van der Waals surface area (Å²) in [5.41, 5.74) is 0.315. The first-order valence-electron chi connectivity index (χ1n) is 7.63. The molecular formula is C17H22ClNO4. The Labute approximate surface area is 141 Å². The van der Waals surface area contributed by atoms with Crippen molar-refractivity contribution in [1.29, 1.82) is 0 Å². The van der Waals surface area contributed by atoms with Crippen LogP contribution in [0.2, 0.25) is 5.02 Å². The van der Waals surface area contributed by atoms with Crippen LogP contribution in [0.15, 0.2) is 24.3 Å². The number of amides is 1. The molecule has 1 aromatic carbocycles. The normalized spacial score (nSPS) is 21.3. The molecule has 0 aliphatic carbocycles. The maximum atomic E-state index is 12.3. The van der Waals surface area contributed by atoms with Crippen LogP contribution in [0.25, 0.3) is 0 Å². The lowest BCUT2D eigenvalue weighted by Crippen LogP contribution is -2.43. The standard InChI is InChI=1S/C17H22ClNO4/c1-17(2,3)23-16(22)19-10-11(9-14(19)15(20)21)8-12-6-4-5-7-13(12)18/h4-7,11,14H,8-10H2,1-3H3,(H,20,21). The average Bonchev–Trinajstić information content (AvgIpc) is 2.84. The molecule has 5 nitrogen and oxygen atoms in total. The number of carbonyl (C=O) groups is 2. The zero-order valence-corrected chi connectivity index (χ0v) is 14.3. The van der Waals surface area contributed by atoms with Gasteiger partial charge in [-0.25, -0.2) is 9.59 Å². The number of carbonyl (C=O) groups excluding carboxylic acids is 1.